The highest BCUT2D eigenvalue weighted by Gasteiger charge is 2.29. The van der Waals surface area contributed by atoms with Crippen LogP contribution in [0, 0.1) is 0 Å². The summed E-state index contributed by atoms with van der Waals surface area (Å²) in [6.07, 6.45) is -0.386. The van der Waals surface area contributed by atoms with E-state index in [0.717, 1.165) is 46.6 Å². The van der Waals surface area contributed by atoms with E-state index in [1.54, 1.807) is 48.5 Å². The molecule has 0 aliphatic heterocycles. The van der Waals surface area contributed by atoms with Gasteiger partial charge in [0.2, 0.25) is 0 Å². The summed E-state index contributed by atoms with van der Waals surface area (Å²) in [6, 6.07) is 29.0. The van der Waals surface area contributed by atoms with Gasteiger partial charge in [-0.3, -0.25) is 0 Å². The van der Waals surface area contributed by atoms with Crippen molar-refractivity contribution < 1.29 is 72.8 Å². The highest BCUT2D eigenvalue weighted by Crippen LogP contribution is 2.44. The summed E-state index contributed by atoms with van der Waals surface area (Å²) in [5, 5.41) is 41.7. The molecule has 15 nitrogen and oxygen atoms in total. The standard InChI is InChI=1S/C49H52O15/c1-5-44(54)61-28-37(50)25-58-40-19-13-34(14-20-40)48(33-11-9-32(10-12-33)43(53)31-64-47(57)8-4)49(35-15-21-41(22-16-35)59-26-38(51)29-62-45(55)6-2)36-17-23-42(24-18-36)60-27-39(52)30-63-46(56)7-3/h5-24,37-39,43,48-53H,1-4,25-31H2. The van der Waals surface area contributed by atoms with Gasteiger partial charge in [-0.1, -0.05) is 87.0 Å². The van der Waals surface area contributed by atoms with Crippen molar-refractivity contribution in [3.8, 4) is 17.2 Å². The molecule has 15 heteroatoms. The van der Waals surface area contributed by atoms with Crippen molar-refractivity contribution >= 4 is 23.9 Å². The third kappa shape index (κ3) is 16.0. The quantitative estimate of drug-likeness (QED) is 0.0359. The monoisotopic (exact) mass is 880 g/mol. The molecule has 4 rings (SSSR count). The third-order valence-corrected chi connectivity index (χ3v) is 9.36. The van der Waals surface area contributed by atoms with Crippen molar-refractivity contribution in [1.29, 1.82) is 0 Å². The van der Waals surface area contributed by atoms with Gasteiger partial charge in [0.1, 0.15) is 87.9 Å². The zero-order valence-electron chi connectivity index (χ0n) is 35.1. The molecule has 0 bridgehead atoms. The highest BCUT2D eigenvalue weighted by molar-refractivity contribution is 5.82. The normalized spacial score (nSPS) is 13.6. The van der Waals surface area contributed by atoms with Crippen LogP contribution in [0.25, 0.3) is 0 Å². The lowest BCUT2D eigenvalue weighted by molar-refractivity contribution is -0.142. The van der Waals surface area contributed by atoms with Crippen LogP contribution in [0.4, 0.5) is 0 Å². The van der Waals surface area contributed by atoms with Gasteiger partial charge >= 0.3 is 23.9 Å². The summed E-state index contributed by atoms with van der Waals surface area (Å²) in [4.78, 5) is 46.0. The summed E-state index contributed by atoms with van der Waals surface area (Å²) < 4.78 is 37.2. The van der Waals surface area contributed by atoms with Crippen LogP contribution in [-0.4, -0.2) is 109 Å². The molecule has 0 radical (unpaired) electrons. The van der Waals surface area contributed by atoms with Gasteiger partial charge in [-0.25, -0.2) is 19.2 Å². The fourth-order valence-electron chi connectivity index (χ4n) is 6.14. The summed E-state index contributed by atoms with van der Waals surface area (Å²) in [7, 11) is 0. The molecule has 0 amide bonds. The predicted molar refractivity (Wildman–Crippen MR) is 234 cm³/mol. The molecule has 338 valence electrons. The Morgan fingerprint density at radius 2 is 0.609 bits per heavy atom. The third-order valence-electron chi connectivity index (χ3n) is 9.36. The molecule has 4 aromatic carbocycles. The van der Waals surface area contributed by atoms with Crippen LogP contribution in [-0.2, 0) is 38.1 Å². The number of rotatable bonds is 27. The Balaban J connectivity index is 1.72. The number of aliphatic hydroxyl groups excluding tert-OH is 4. The van der Waals surface area contributed by atoms with Crippen molar-refractivity contribution in [2.75, 3.05) is 46.2 Å². The Morgan fingerprint density at radius 3 is 0.875 bits per heavy atom. The largest absolute Gasteiger partial charge is 0.491 e. The van der Waals surface area contributed by atoms with E-state index in [-0.39, 0.29) is 46.2 Å². The van der Waals surface area contributed by atoms with Gasteiger partial charge in [-0.15, -0.1) is 0 Å². The first kappa shape index (κ1) is 49.6. The molecule has 4 N–H and O–H groups in total. The number of aliphatic hydroxyl groups is 4. The second-order valence-electron chi connectivity index (χ2n) is 14.1. The van der Waals surface area contributed by atoms with E-state index in [1.165, 1.54) is 0 Å². The maximum atomic E-state index is 11.7. The number of esters is 4. The smallest absolute Gasteiger partial charge is 0.330 e. The van der Waals surface area contributed by atoms with Crippen LogP contribution < -0.4 is 14.2 Å². The average Bonchev–Trinajstić information content (AvgIpc) is 3.33. The second-order valence-corrected chi connectivity index (χ2v) is 14.1. The van der Waals surface area contributed by atoms with Gasteiger partial charge in [0, 0.05) is 36.1 Å². The Kier molecular flexibility index (Phi) is 20.0. The zero-order valence-corrected chi connectivity index (χ0v) is 35.1. The second kappa shape index (κ2) is 25.8. The van der Waals surface area contributed by atoms with Crippen molar-refractivity contribution in [2.45, 2.75) is 36.3 Å². The number of hydrogen-bond donors (Lipinski definition) is 4. The lowest BCUT2D eigenvalue weighted by Gasteiger charge is -2.30. The maximum Gasteiger partial charge on any atom is 0.330 e. The van der Waals surface area contributed by atoms with Gasteiger partial charge in [0.25, 0.3) is 0 Å². The minimum absolute atomic E-state index is 0.154. The maximum absolute atomic E-state index is 11.7. The molecule has 0 aliphatic rings. The molecule has 5 unspecified atom stereocenters. The predicted octanol–water partition coefficient (Wildman–Crippen LogP) is 4.82. The average molecular weight is 881 g/mol. The first-order chi connectivity index (χ1) is 30.8. The topological polar surface area (TPSA) is 214 Å². The summed E-state index contributed by atoms with van der Waals surface area (Å²) in [6.45, 7) is 11.8. The fourth-order valence-corrected chi connectivity index (χ4v) is 6.14. The van der Waals surface area contributed by atoms with Crippen molar-refractivity contribution in [2.24, 2.45) is 0 Å². The molecule has 0 spiro atoms. The van der Waals surface area contributed by atoms with E-state index in [0.29, 0.717) is 22.8 Å². The van der Waals surface area contributed by atoms with Crippen molar-refractivity contribution in [3.05, 3.63) is 175 Å². The van der Waals surface area contributed by atoms with Crippen LogP contribution >= 0.6 is 0 Å². The number of benzene rings is 4. The van der Waals surface area contributed by atoms with Gasteiger partial charge in [0.05, 0.1) is 0 Å². The SMILES string of the molecule is C=CC(=O)OCC(O)COc1ccc(C(c2ccc(OCC(O)COC(=O)C=C)cc2)C(c2ccc(OCC(O)COC(=O)C=C)cc2)c2ccc(C(O)COC(=O)C=C)cc2)cc1. The van der Waals surface area contributed by atoms with E-state index in [9.17, 15) is 39.6 Å². The molecular formula is C49H52O15. The molecule has 0 saturated carbocycles. The molecule has 0 heterocycles. The van der Waals surface area contributed by atoms with Crippen molar-refractivity contribution in [3.63, 3.8) is 0 Å². The van der Waals surface area contributed by atoms with Gasteiger partial charge in [-0.2, -0.15) is 0 Å². The van der Waals surface area contributed by atoms with Crippen LogP contribution in [0.5, 0.6) is 17.2 Å². The van der Waals surface area contributed by atoms with E-state index in [2.05, 4.69) is 26.3 Å². The Morgan fingerprint density at radius 1 is 0.375 bits per heavy atom. The molecule has 0 aliphatic carbocycles. The van der Waals surface area contributed by atoms with E-state index in [1.807, 2.05) is 48.5 Å². The lowest BCUT2D eigenvalue weighted by atomic mass is 9.73. The van der Waals surface area contributed by atoms with Crippen LogP contribution in [0.15, 0.2) is 148 Å². The Bertz CT molecular complexity index is 2070. The summed E-state index contributed by atoms with van der Waals surface area (Å²) in [5.74, 6) is -2.21. The van der Waals surface area contributed by atoms with Crippen LogP contribution in [0.3, 0.4) is 0 Å². The van der Waals surface area contributed by atoms with Gasteiger partial charge in [0.15, 0.2) is 0 Å². The first-order valence-corrected chi connectivity index (χ1v) is 20.0. The number of carbonyl (C=O) groups is 4. The minimum Gasteiger partial charge on any atom is -0.491 e. The summed E-state index contributed by atoms with van der Waals surface area (Å²) >= 11 is 0. The van der Waals surface area contributed by atoms with E-state index in [4.69, 9.17) is 33.2 Å². The molecule has 64 heavy (non-hydrogen) atoms. The van der Waals surface area contributed by atoms with Crippen LogP contribution in [0.2, 0.25) is 0 Å². The van der Waals surface area contributed by atoms with Gasteiger partial charge < -0.3 is 53.6 Å². The van der Waals surface area contributed by atoms with E-state index >= 15 is 0 Å². The fraction of sp³-hybridized carbons (Fsp3) is 0.265. The minimum atomic E-state index is -1.11. The molecule has 0 aromatic heterocycles. The van der Waals surface area contributed by atoms with Crippen LogP contribution in [0.1, 0.15) is 45.8 Å². The number of carbonyl (C=O) groups excluding carboxylic acids is 4. The first-order valence-electron chi connectivity index (χ1n) is 20.0. The number of hydrogen-bond acceptors (Lipinski definition) is 15. The Hall–Kier alpha value is -7.04. The van der Waals surface area contributed by atoms with Crippen molar-refractivity contribution in [1.82, 2.24) is 0 Å². The molecule has 0 fully saturated rings. The molecule has 4 aromatic rings. The molecule has 5 atom stereocenters. The zero-order chi connectivity index (χ0) is 46.4. The summed E-state index contributed by atoms with van der Waals surface area (Å²) in [5.41, 5.74) is 3.84. The van der Waals surface area contributed by atoms with E-state index < -0.39 is 60.1 Å². The molecular weight excluding hydrogens is 829 g/mol. The highest BCUT2D eigenvalue weighted by atomic mass is 16.6. The Labute approximate surface area is 371 Å². The lowest BCUT2D eigenvalue weighted by Crippen LogP contribution is -2.24. The van der Waals surface area contributed by atoms with Gasteiger partial charge in [-0.05, 0) is 64.2 Å². The number of ether oxygens (including phenoxy) is 7. The molecule has 0 saturated heterocycles.